The summed E-state index contributed by atoms with van der Waals surface area (Å²) in [5.74, 6) is 0. The molecule has 5 nitrogen and oxygen atoms in total. The molecule has 0 aliphatic heterocycles. The zero-order valence-electron chi connectivity index (χ0n) is 6.00. The lowest BCUT2D eigenvalue weighted by Gasteiger charge is -1.87. The second kappa shape index (κ2) is 2.77. The molecule has 0 aliphatic carbocycles. The van der Waals surface area contributed by atoms with Gasteiger partial charge in [-0.05, 0) is 6.92 Å². The number of nitrogens with zero attached hydrogens (tertiary/aromatic N) is 2. The maximum absolute atomic E-state index is 10.8. The van der Waals surface area contributed by atoms with E-state index in [0.717, 1.165) is 0 Å². The van der Waals surface area contributed by atoms with E-state index in [1.165, 1.54) is 6.92 Å². The Kier molecular flexibility index (Phi) is 2.08. The minimum atomic E-state index is -3.92. The number of aromatic amines is 1. The van der Waals surface area contributed by atoms with Gasteiger partial charge in [-0.3, -0.25) is 5.10 Å². The fourth-order valence-electron chi connectivity index (χ4n) is 0.715. The minimum Gasteiger partial charge on any atom is -0.280 e. The predicted molar refractivity (Wildman–Crippen MR) is 41.1 cm³/mol. The van der Waals surface area contributed by atoms with Crippen LogP contribution in [0.2, 0.25) is 0 Å². The van der Waals surface area contributed by atoms with Gasteiger partial charge >= 0.3 is 0 Å². The molecule has 0 atom stereocenters. The van der Waals surface area contributed by atoms with Crippen molar-refractivity contribution in [2.45, 2.75) is 11.9 Å². The van der Waals surface area contributed by atoms with E-state index < -0.39 is 14.1 Å². The summed E-state index contributed by atoms with van der Waals surface area (Å²) in [5.41, 5.74) is 0.349. The summed E-state index contributed by atoms with van der Waals surface area (Å²) in [5, 5.41) is 13.9. The summed E-state index contributed by atoms with van der Waals surface area (Å²) in [6.07, 6.45) is 0. The SMILES string of the molecule is Cc1[nH]nc(S(=O)(=O)Cl)c1C#N. The number of hydrogen-bond donors (Lipinski definition) is 1. The average Bonchev–Trinajstić information content (AvgIpc) is 2.29. The first-order chi connectivity index (χ1) is 5.46. The minimum absolute atomic E-state index is 0.0370. The Morgan fingerprint density at radius 3 is 2.58 bits per heavy atom. The topological polar surface area (TPSA) is 86.6 Å². The lowest BCUT2D eigenvalue weighted by molar-refractivity contribution is 0.605. The van der Waals surface area contributed by atoms with E-state index in [4.69, 9.17) is 15.9 Å². The van der Waals surface area contributed by atoms with Crippen LogP contribution in [0.3, 0.4) is 0 Å². The van der Waals surface area contributed by atoms with Gasteiger partial charge in [0, 0.05) is 10.7 Å². The van der Waals surface area contributed by atoms with Crippen LogP contribution in [-0.4, -0.2) is 18.6 Å². The van der Waals surface area contributed by atoms with E-state index in [-0.39, 0.29) is 5.56 Å². The van der Waals surface area contributed by atoms with Crippen molar-refractivity contribution in [3.8, 4) is 6.07 Å². The third-order valence-electron chi connectivity index (χ3n) is 1.26. The molecule has 0 saturated carbocycles. The van der Waals surface area contributed by atoms with E-state index in [1.807, 2.05) is 0 Å². The number of rotatable bonds is 1. The van der Waals surface area contributed by atoms with Gasteiger partial charge in [-0.15, -0.1) is 0 Å². The van der Waals surface area contributed by atoms with E-state index >= 15 is 0 Å². The monoisotopic (exact) mass is 205 g/mol. The summed E-state index contributed by atoms with van der Waals surface area (Å²) in [6, 6.07) is 1.69. The molecule has 1 aromatic rings. The summed E-state index contributed by atoms with van der Waals surface area (Å²) in [6.45, 7) is 1.54. The first-order valence-electron chi connectivity index (χ1n) is 2.86. The van der Waals surface area contributed by atoms with Gasteiger partial charge in [0.15, 0.2) is 0 Å². The van der Waals surface area contributed by atoms with Crippen LogP contribution in [-0.2, 0) is 9.05 Å². The number of aryl methyl sites for hydroxylation is 1. The first kappa shape index (κ1) is 9.03. The van der Waals surface area contributed by atoms with Crippen molar-refractivity contribution in [1.82, 2.24) is 10.2 Å². The van der Waals surface area contributed by atoms with Gasteiger partial charge in [0.2, 0.25) is 5.03 Å². The average molecular weight is 206 g/mol. The summed E-state index contributed by atoms with van der Waals surface area (Å²) < 4.78 is 21.5. The van der Waals surface area contributed by atoms with Gasteiger partial charge in [0.1, 0.15) is 11.6 Å². The summed E-state index contributed by atoms with van der Waals surface area (Å²) in [4.78, 5) is 0. The molecule has 12 heavy (non-hydrogen) atoms. The van der Waals surface area contributed by atoms with Crippen molar-refractivity contribution in [2.24, 2.45) is 0 Å². The number of hydrogen-bond acceptors (Lipinski definition) is 4. The van der Waals surface area contributed by atoms with E-state index in [2.05, 4.69) is 10.2 Å². The maximum atomic E-state index is 10.8. The van der Waals surface area contributed by atoms with Crippen molar-refractivity contribution >= 4 is 19.7 Å². The van der Waals surface area contributed by atoms with E-state index in [9.17, 15) is 8.42 Å². The highest BCUT2D eigenvalue weighted by Crippen LogP contribution is 2.18. The molecular formula is C5H4ClN3O2S. The van der Waals surface area contributed by atoms with Crippen LogP contribution in [0, 0.1) is 18.3 Å². The number of nitriles is 1. The molecule has 0 fully saturated rings. The van der Waals surface area contributed by atoms with Gasteiger partial charge < -0.3 is 0 Å². The Bertz CT molecular complexity index is 442. The molecule has 64 valence electrons. The van der Waals surface area contributed by atoms with Crippen LogP contribution in [0.1, 0.15) is 11.3 Å². The standard InChI is InChI=1S/C5H4ClN3O2S/c1-3-4(2-7)5(9-8-3)12(6,10)11/h1H3,(H,8,9). The Morgan fingerprint density at radius 2 is 2.25 bits per heavy atom. The van der Waals surface area contributed by atoms with Crippen molar-refractivity contribution in [1.29, 1.82) is 5.26 Å². The second-order valence-electron chi connectivity index (χ2n) is 2.08. The fraction of sp³-hybridized carbons (Fsp3) is 0.200. The largest absolute Gasteiger partial charge is 0.281 e. The fourth-order valence-corrected chi connectivity index (χ4v) is 1.65. The third kappa shape index (κ3) is 1.42. The summed E-state index contributed by atoms with van der Waals surface area (Å²) in [7, 11) is 1.08. The Hall–Kier alpha value is -1.06. The van der Waals surface area contributed by atoms with E-state index in [0.29, 0.717) is 5.69 Å². The highest BCUT2D eigenvalue weighted by molar-refractivity contribution is 8.13. The number of nitrogens with one attached hydrogen (secondary N) is 1. The van der Waals surface area contributed by atoms with Crippen LogP contribution in [0.5, 0.6) is 0 Å². The van der Waals surface area contributed by atoms with Crippen molar-refractivity contribution in [3.63, 3.8) is 0 Å². The molecular weight excluding hydrogens is 202 g/mol. The van der Waals surface area contributed by atoms with Gasteiger partial charge in [0.25, 0.3) is 9.05 Å². The molecule has 1 aromatic heterocycles. The molecule has 1 rings (SSSR count). The van der Waals surface area contributed by atoms with Crippen LogP contribution >= 0.6 is 10.7 Å². The van der Waals surface area contributed by atoms with Crippen LogP contribution in [0.4, 0.5) is 0 Å². The van der Waals surface area contributed by atoms with Crippen molar-refractivity contribution < 1.29 is 8.42 Å². The molecule has 0 amide bonds. The van der Waals surface area contributed by atoms with Crippen molar-refractivity contribution in [3.05, 3.63) is 11.3 Å². The van der Waals surface area contributed by atoms with Gasteiger partial charge in [0.05, 0.1) is 5.69 Å². The normalized spacial score (nSPS) is 11.1. The zero-order valence-corrected chi connectivity index (χ0v) is 7.57. The van der Waals surface area contributed by atoms with Gasteiger partial charge in [-0.25, -0.2) is 8.42 Å². The molecule has 0 spiro atoms. The molecule has 0 unspecified atom stereocenters. The molecule has 0 aliphatic rings. The predicted octanol–water partition coefficient (Wildman–Crippen LogP) is 0.517. The summed E-state index contributed by atoms with van der Waals surface area (Å²) >= 11 is 0. The van der Waals surface area contributed by atoms with Crippen LogP contribution < -0.4 is 0 Å². The molecule has 0 saturated heterocycles. The van der Waals surface area contributed by atoms with E-state index in [1.54, 1.807) is 6.07 Å². The molecule has 0 bridgehead atoms. The van der Waals surface area contributed by atoms with Gasteiger partial charge in [-0.2, -0.15) is 10.4 Å². The molecule has 1 N–H and O–H groups in total. The highest BCUT2D eigenvalue weighted by Gasteiger charge is 2.21. The first-order valence-corrected chi connectivity index (χ1v) is 5.17. The Balaban J connectivity index is 3.49. The van der Waals surface area contributed by atoms with Gasteiger partial charge in [-0.1, -0.05) is 0 Å². The maximum Gasteiger partial charge on any atom is 0.281 e. The molecule has 0 aromatic carbocycles. The smallest absolute Gasteiger partial charge is 0.280 e. The number of halogens is 1. The zero-order chi connectivity index (χ0) is 9.35. The molecule has 7 heteroatoms. The lowest BCUT2D eigenvalue weighted by atomic mass is 10.3. The van der Waals surface area contributed by atoms with Crippen molar-refractivity contribution in [2.75, 3.05) is 0 Å². The number of aromatic nitrogens is 2. The third-order valence-corrected chi connectivity index (χ3v) is 2.45. The lowest BCUT2D eigenvalue weighted by Crippen LogP contribution is -1.93. The quantitative estimate of drug-likeness (QED) is 0.677. The highest BCUT2D eigenvalue weighted by atomic mass is 35.7. The molecule has 0 radical (unpaired) electrons. The molecule has 1 heterocycles. The Labute approximate surface area is 73.4 Å². The Morgan fingerprint density at radius 1 is 1.67 bits per heavy atom. The van der Waals surface area contributed by atoms with Crippen LogP contribution in [0.25, 0.3) is 0 Å². The van der Waals surface area contributed by atoms with Crippen LogP contribution in [0.15, 0.2) is 5.03 Å². The second-order valence-corrected chi connectivity index (χ2v) is 4.56. The number of H-pyrrole nitrogens is 1.